The maximum Gasteiger partial charge on any atom is 0.231 e. The third kappa shape index (κ3) is 4.51. The number of carbonyl (C=O) groups is 1. The Bertz CT molecular complexity index is 335. The van der Waals surface area contributed by atoms with Gasteiger partial charge in [-0.15, -0.1) is 0 Å². The van der Waals surface area contributed by atoms with Gasteiger partial charge in [0.25, 0.3) is 0 Å². The molecule has 94 valence electrons. The number of hydrogen-bond acceptors (Lipinski definition) is 5. The lowest BCUT2D eigenvalue weighted by molar-refractivity contribution is -0.119. The van der Waals surface area contributed by atoms with Crippen LogP contribution in [0, 0.1) is 11.3 Å². The van der Waals surface area contributed by atoms with Crippen molar-refractivity contribution < 1.29 is 9.53 Å². The van der Waals surface area contributed by atoms with Crippen molar-refractivity contribution in [3.05, 3.63) is 0 Å². The summed E-state index contributed by atoms with van der Waals surface area (Å²) in [7, 11) is 1.63. The minimum absolute atomic E-state index is 0.113. The number of aliphatic imine (C=N–C) groups is 1. The Labute approximate surface area is 101 Å². The van der Waals surface area contributed by atoms with E-state index in [9.17, 15) is 4.79 Å². The topological polar surface area (TPSA) is 91.7 Å². The number of piperidine rings is 1. The highest BCUT2D eigenvalue weighted by molar-refractivity contribution is 5.88. The number of nitriles is 1. The number of ether oxygens (including phenoxy) is 1. The van der Waals surface area contributed by atoms with Crippen LogP contribution in [0.15, 0.2) is 4.99 Å². The zero-order valence-electron chi connectivity index (χ0n) is 10.1. The fraction of sp³-hybridized carbons (Fsp3) is 0.727. The Balaban J connectivity index is 2.56. The van der Waals surface area contributed by atoms with Crippen molar-refractivity contribution >= 4 is 11.6 Å². The van der Waals surface area contributed by atoms with E-state index in [0.717, 1.165) is 12.1 Å². The molecule has 1 heterocycles. The van der Waals surface area contributed by atoms with Crippen LogP contribution in [-0.4, -0.2) is 55.9 Å². The largest absolute Gasteiger partial charge is 0.383 e. The van der Waals surface area contributed by atoms with E-state index < -0.39 is 5.91 Å². The van der Waals surface area contributed by atoms with Crippen molar-refractivity contribution in [3.8, 4) is 6.07 Å². The molecule has 1 amide bonds. The van der Waals surface area contributed by atoms with Gasteiger partial charge in [-0.1, -0.05) is 0 Å². The summed E-state index contributed by atoms with van der Waals surface area (Å²) >= 11 is 0. The Morgan fingerprint density at radius 2 is 2.53 bits per heavy atom. The van der Waals surface area contributed by atoms with E-state index in [1.165, 1.54) is 0 Å². The number of nitrogens with two attached hydrogens (primary N) is 1. The standard InChI is InChI=1S/C11H18N4O2/c1-17-5-4-14-9-2-3-10(6-12)15(7-9)8-11(13)16/h10H,2-5,7-8H2,1H3,(H2,13,16)/t10-/m0/s1. The monoisotopic (exact) mass is 238 g/mol. The quantitative estimate of drug-likeness (QED) is 0.656. The molecule has 1 saturated heterocycles. The van der Waals surface area contributed by atoms with Crippen LogP contribution in [0.1, 0.15) is 12.8 Å². The van der Waals surface area contributed by atoms with Gasteiger partial charge in [0, 0.05) is 19.4 Å². The molecule has 1 rings (SSSR count). The van der Waals surface area contributed by atoms with Gasteiger partial charge in [0.2, 0.25) is 5.91 Å². The molecule has 1 aliphatic heterocycles. The fourth-order valence-corrected chi connectivity index (χ4v) is 1.85. The molecule has 1 atom stereocenters. The summed E-state index contributed by atoms with van der Waals surface area (Å²) in [4.78, 5) is 17.1. The second-order valence-electron chi connectivity index (χ2n) is 4.00. The minimum Gasteiger partial charge on any atom is -0.383 e. The molecule has 0 unspecified atom stereocenters. The van der Waals surface area contributed by atoms with Crippen LogP contribution >= 0.6 is 0 Å². The molecule has 2 N–H and O–H groups in total. The van der Waals surface area contributed by atoms with Gasteiger partial charge in [0.15, 0.2) is 0 Å². The number of methoxy groups -OCH3 is 1. The average molecular weight is 238 g/mol. The van der Waals surface area contributed by atoms with Gasteiger partial charge in [0.1, 0.15) is 0 Å². The number of hydrogen-bond donors (Lipinski definition) is 1. The molecular formula is C11H18N4O2. The van der Waals surface area contributed by atoms with Crippen molar-refractivity contribution in [1.29, 1.82) is 5.26 Å². The van der Waals surface area contributed by atoms with Gasteiger partial charge in [-0.25, -0.2) is 0 Å². The van der Waals surface area contributed by atoms with Gasteiger partial charge in [0.05, 0.1) is 31.8 Å². The number of rotatable bonds is 5. The summed E-state index contributed by atoms with van der Waals surface area (Å²) in [6, 6.07) is 1.95. The van der Waals surface area contributed by atoms with Crippen LogP contribution in [0.25, 0.3) is 0 Å². The third-order valence-electron chi connectivity index (χ3n) is 2.67. The predicted molar refractivity (Wildman–Crippen MR) is 63.6 cm³/mol. The first kappa shape index (κ1) is 13.6. The second-order valence-corrected chi connectivity index (χ2v) is 4.00. The van der Waals surface area contributed by atoms with Crippen molar-refractivity contribution in [3.63, 3.8) is 0 Å². The smallest absolute Gasteiger partial charge is 0.231 e. The fourth-order valence-electron chi connectivity index (χ4n) is 1.85. The number of nitrogens with zero attached hydrogens (tertiary/aromatic N) is 3. The maximum atomic E-state index is 10.9. The van der Waals surface area contributed by atoms with Crippen molar-refractivity contribution in [2.75, 3.05) is 33.4 Å². The van der Waals surface area contributed by atoms with E-state index in [1.54, 1.807) is 12.0 Å². The highest BCUT2D eigenvalue weighted by atomic mass is 16.5. The Morgan fingerprint density at radius 1 is 1.76 bits per heavy atom. The maximum absolute atomic E-state index is 10.9. The first-order valence-electron chi connectivity index (χ1n) is 5.60. The van der Waals surface area contributed by atoms with E-state index in [0.29, 0.717) is 26.1 Å². The SMILES string of the molecule is COCCN=C1CC[C@@H](C#N)N(CC(N)=O)C1. The van der Waals surface area contributed by atoms with Gasteiger partial charge in [-0.2, -0.15) is 5.26 Å². The lowest BCUT2D eigenvalue weighted by atomic mass is 10.0. The van der Waals surface area contributed by atoms with E-state index >= 15 is 0 Å². The van der Waals surface area contributed by atoms with E-state index in [2.05, 4.69) is 11.1 Å². The normalized spacial score (nSPS) is 23.5. The van der Waals surface area contributed by atoms with Crippen molar-refractivity contribution in [2.24, 2.45) is 10.7 Å². The van der Waals surface area contributed by atoms with Crippen LogP contribution in [-0.2, 0) is 9.53 Å². The van der Waals surface area contributed by atoms with Gasteiger partial charge in [-0.3, -0.25) is 14.7 Å². The molecule has 0 bridgehead atoms. The summed E-state index contributed by atoms with van der Waals surface area (Å²) in [6.07, 6.45) is 1.51. The number of primary amides is 1. The molecule has 0 aromatic heterocycles. The molecule has 0 saturated carbocycles. The summed E-state index contributed by atoms with van der Waals surface area (Å²) in [5, 5.41) is 8.97. The molecule has 0 radical (unpaired) electrons. The zero-order chi connectivity index (χ0) is 12.7. The summed E-state index contributed by atoms with van der Waals surface area (Å²) in [6.45, 7) is 1.86. The predicted octanol–water partition coefficient (Wildman–Crippen LogP) is -0.453. The van der Waals surface area contributed by atoms with Gasteiger partial charge in [-0.05, 0) is 12.8 Å². The summed E-state index contributed by atoms with van der Waals surface area (Å²) < 4.78 is 4.92. The molecule has 17 heavy (non-hydrogen) atoms. The first-order valence-corrected chi connectivity index (χ1v) is 5.60. The molecule has 0 aromatic rings. The molecule has 6 nitrogen and oxygen atoms in total. The lowest BCUT2D eigenvalue weighted by Crippen LogP contribution is -2.47. The highest BCUT2D eigenvalue weighted by Gasteiger charge is 2.26. The zero-order valence-corrected chi connectivity index (χ0v) is 10.1. The minimum atomic E-state index is -0.414. The van der Waals surface area contributed by atoms with E-state index in [4.69, 9.17) is 15.7 Å². The Kier molecular flexibility index (Phi) is 5.60. The molecule has 0 aliphatic carbocycles. The van der Waals surface area contributed by atoms with Crippen LogP contribution < -0.4 is 5.73 Å². The summed E-state index contributed by atoms with van der Waals surface area (Å²) in [5.74, 6) is -0.414. The second kappa shape index (κ2) is 6.99. The van der Waals surface area contributed by atoms with Crippen LogP contribution in [0.2, 0.25) is 0 Å². The molecule has 0 spiro atoms. The highest BCUT2D eigenvalue weighted by Crippen LogP contribution is 2.14. The molecule has 1 aliphatic rings. The van der Waals surface area contributed by atoms with Gasteiger partial charge < -0.3 is 10.5 Å². The lowest BCUT2D eigenvalue weighted by Gasteiger charge is -2.31. The molecule has 6 heteroatoms. The average Bonchev–Trinajstić information content (AvgIpc) is 2.29. The van der Waals surface area contributed by atoms with Crippen molar-refractivity contribution in [1.82, 2.24) is 4.90 Å². The number of carbonyl (C=O) groups excluding carboxylic acids is 1. The van der Waals surface area contributed by atoms with Crippen LogP contribution in [0.4, 0.5) is 0 Å². The first-order chi connectivity index (χ1) is 8.17. The van der Waals surface area contributed by atoms with Gasteiger partial charge >= 0.3 is 0 Å². The third-order valence-corrected chi connectivity index (χ3v) is 2.67. The van der Waals surface area contributed by atoms with E-state index in [1.807, 2.05) is 0 Å². The summed E-state index contributed by atoms with van der Waals surface area (Å²) in [5.41, 5.74) is 6.17. The van der Waals surface area contributed by atoms with E-state index in [-0.39, 0.29) is 12.6 Å². The van der Waals surface area contributed by atoms with Crippen LogP contribution in [0.3, 0.4) is 0 Å². The Morgan fingerprint density at radius 3 is 3.12 bits per heavy atom. The Hall–Kier alpha value is -1.45. The van der Waals surface area contributed by atoms with Crippen LogP contribution in [0.5, 0.6) is 0 Å². The molecular weight excluding hydrogens is 220 g/mol. The van der Waals surface area contributed by atoms with Crippen molar-refractivity contribution in [2.45, 2.75) is 18.9 Å². The molecule has 0 aromatic carbocycles. The number of likely N-dealkylation sites (tertiary alicyclic amines) is 1. The number of amides is 1. The molecule has 1 fully saturated rings.